The average Bonchev–Trinajstić information content (AvgIpc) is 3.25. The molecule has 8 heteroatoms. The number of aliphatic imine (C=N–C) groups is 1. The lowest BCUT2D eigenvalue weighted by Gasteiger charge is -2.33. The molecule has 2 aromatic carbocycles. The SMILES string of the molecule is COc1ccc(/C=N/c2sc3c(c2C(=O)Nc2ccc(Br)cc2)CCC(C(C)(C)C)C3)c(OC)c1OC. The Bertz CT molecular complexity index is 1310. The van der Waals surface area contributed by atoms with Crippen molar-refractivity contribution in [2.45, 2.75) is 40.0 Å². The Kier molecular flexibility index (Phi) is 8.29. The molecular weight excluding hydrogens is 552 g/mol. The van der Waals surface area contributed by atoms with Gasteiger partial charge in [-0.15, -0.1) is 11.3 Å². The summed E-state index contributed by atoms with van der Waals surface area (Å²) in [6.45, 7) is 6.87. The van der Waals surface area contributed by atoms with E-state index in [0.29, 0.717) is 33.7 Å². The molecule has 1 amide bonds. The first-order valence-electron chi connectivity index (χ1n) is 12.2. The number of carbonyl (C=O) groups is 1. The van der Waals surface area contributed by atoms with Gasteiger partial charge in [0.15, 0.2) is 11.5 Å². The summed E-state index contributed by atoms with van der Waals surface area (Å²) in [5, 5.41) is 3.77. The molecule has 3 aromatic rings. The monoisotopic (exact) mass is 584 g/mol. The standard InChI is InChI=1S/C29H33BrN2O4S/c1-29(2,3)18-8-13-21-23(15-18)37-28(24(21)27(33)32-20-11-9-19(30)10-12-20)31-16-17-7-14-22(34-4)26(36-6)25(17)35-5/h7,9-12,14,16,18H,8,13,15H2,1-6H3,(H,32,33)/b31-16+. The minimum Gasteiger partial charge on any atom is -0.493 e. The van der Waals surface area contributed by atoms with Gasteiger partial charge in [0.05, 0.1) is 26.9 Å². The van der Waals surface area contributed by atoms with Crippen molar-refractivity contribution < 1.29 is 19.0 Å². The van der Waals surface area contributed by atoms with Crippen molar-refractivity contribution in [3.05, 3.63) is 62.4 Å². The maximum Gasteiger partial charge on any atom is 0.259 e. The number of hydrogen-bond donors (Lipinski definition) is 1. The van der Waals surface area contributed by atoms with E-state index in [1.54, 1.807) is 38.9 Å². The molecule has 1 aromatic heterocycles. The van der Waals surface area contributed by atoms with Crippen LogP contribution in [0.5, 0.6) is 17.2 Å². The predicted molar refractivity (Wildman–Crippen MR) is 155 cm³/mol. The molecule has 1 aliphatic rings. The minimum absolute atomic E-state index is 0.138. The van der Waals surface area contributed by atoms with Gasteiger partial charge in [-0.3, -0.25) is 4.79 Å². The lowest BCUT2D eigenvalue weighted by molar-refractivity contribution is 0.102. The number of benzene rings is 2. The summed E-state index contributed by atoms with van der Waals surface area (Å²) >= 11 is 5.06. The van der Waals surface area contributed by atoms with E-state index in [0.717, 1.165) is 40.5 Å². The van der Waals surface area contributed by atoms with Crippen LogP contribution in [-0.2, 0) is 12.8 Å². The summed E-state index contributed by atoms with van der Waals surface area (Å²) in [6.07, 6.45) is 4.61. The molecule has 0 fully saturated rings. The highest BCUT2D eigenvalue weighted by atomic mass is 79.9. The molecule has 1 heterocycles. The van der Waals surface area contributed by atoms with Crippen LogP contribution in [0.15, 0.2) is 45.9 Å². The van der Waals surface area contributed by atoms with Crippen LogP contribution in [0.4, 0.5) is 10.7 Å². The number of halogens is 1. The third kappa shape index (κ3) is 5.85. The second-order valence-electron chi connectivity index (χ2n) is 10.1. The summed E-state index contributed by atoms with van der Waals surface area (Å²) in [5.41, 5.74) is 3.46. The number of methoxy groups -OCH3 is 3. The van der Waals surface area contributed by atoms with Gasteiger partial charge in [-0.25, -0.2) is 4.99 Å². The fraction of sp³-hybridized carbons (Fsp3) is 0.379. The highest BCUT2D eigenvalue weighted by Crippen LogP contribution is 2.46. The van der Waals surface area contributed by atoms with Crippen LogP contribution in [0.25, 0.3) is 0 Å². The molecule has 6 nitrogen and oxygen atoms in total. The maximum atomic E-state index is 13.6. The summed E-state index contributed by atoms with van der Waals surface area (Å²) in [4.78, 5) is 19.7. The molecule has 4 rings (SSSR count). The Morgan fingerprint density at radius 3 is 2.38 bits per heavy atom. The molecule has 0 saturated carbocycles. The van der Waals surface area contributed by atoms with Crippen molar-refractivity contribution in [2.75, 3.05) is 26.6 Å². The average molecular weight is 586 g/mol. The Hall–Kier alpha value is -2.84. The highest BCUT2D eigenvalue weighted by Gasteiger charge is 2.33. The topological polar surface area (TPSA) is 69.2 Å². The zero-order chi connectivity index (χ0) is 26.7. The van der Waals surface area contributed by atoms with Gasteiger partial charge in [0.25, 0.3) is 5.91 Å². The summed E-state index contributed by atoms with van der Waals surface area (Å²) in [6, 6.07) is 11.3. The fourth-order valence-electron chi connectivity index (χ4n) is 4.72. The van der Waals surface area contributed by atoms with Crippen molar-refractivity contribution in [3.8, 4) is 17.2 Å². The van der Waals surface area contributed by atoms with Crippen LogP contribution in [-0.4, -0.2) is 33.5 Å². The molecule has 1 atom stereocenters. The van der Waals surface area contributed by atoms with Gasteiger partial charge >= 0.3 is 0 Å². The Morgan fingerprint density at radius 2 is 1.76 bits per heavy atom. The number of thiophene rings is 1. The van der Waals surface area contributed by atoms with Crippen molar-refractivity contribution in [1.82, 2.24) is 0 Å². The van der Waals surface area contributed by atoms with E-state index in [1.165, 1.54) is 4.88 Å². The maximum absolute atomic E-state index is 13.6. The number of amides is 1. The van der Waals surface area contributed by atoms with Crippen molar-refractivity contribution in [3.63, 3.8) is 0 Å². The minimum atomic E-state index is -0.138. The van der Waals surface area contributed by atoms with Gasteiger partial charge in [0, 0.05) is 26.8 Å². The molecule has 0 saturated heterocycles. The van der Waals surface area contributed by atoms with Crippen LogP contribution in [0.3, 0.4) is 0 Å². The first kappa shape index (κ1) is 27.2. The molecule has 1 N–H and O–H groups in total. The number of hydrogen-bond acceptors (Lipinski definition) is 6. The van der Waals surface area contributed by atoms with Crippen molar-refractivity contribution in [1.29, 1.82) is 0 Å². The third-order valence-electron chi connectivity index (χ3n) is 6.86. The highest BCUT2D eigenvalue weighted by molar-refractivity contribution is 9.10. The zero-order valence-corrected chi connectivity index (χ0v) is 24.5. The number of fused-ring (bicyclic) bond motifs is 1. The number of nitrogens with zero attached hydrogens (tertiary/aromatic N) is 1. The molecule has 37 heavy (non-hydrogen) atoms. The number of anilines is 1. The quantitative estimate of drug-likeness (QED) is 0.289. The molecule has 1 aliphatic carbocycles. The van der Waals surface area contributed by atoms with Gasteiger partial charge in [-0.1, -0.05) is 36.7 Å². The Labute approximate surface area is 231 Å². The second kappa shape index (κ2) is 11.3. The van der Waals surface area contributed by atoms with Crippen LogP contribution < -0.4 is 19.5 Å². The van der Waals surface area contributed by atoms with Crippen LogP contribution in [0.2, 0.25) is 0 Å². The second-order valence-corrected chi connectivity index (χ2v) is 12.1. The predicted octanol–water partition coefficient (Wildman–Crippen LogP) is 7.69. The van der Waals surface area contributed by atoms with E-state index < -0.39 is 0 Å². The lowest BCUT2D eigenvalue weighted by Crippen LogP contribution is -2.27. The van der Waals surface area contributed by atoms with E-state index in [2.05, 4.69) is 42.0 Å². The molecule has 0 aliphatic heterocycles. The normalized spacial score (nSPS) is 15.4. The smallest absolute Gasteiger partial charge is 0.259 e. The third-order valence-corrected chi connectivity index (χ3v) is 8.55. The zero-order valence-electron chi connectivity index (χ0n) is 22.1. The van der Waals surface area contributed by atoms with Crippen LogP contribution in [0.1, 0.15) is 53.6 Å². The lowest BCUT2D eigenvalue weighted by atomic mass is 9.72. The van der Waals surface area contributed by atoms with Crippen LogP contribution in [0, 0.1) is 11.3 Å². The van der Waals surface area contributed by atoms with E-state index >= 15 is 0 Å². The number of rotatable bonds is 7. The van der Waals surface area contributed by atoms with E-state index in [4.69, 9.17) is 19.2 Å². The van der Waals surface area contributed by atoms with E-state index in [-0.39, 0.29) is 11.3 Å². The van der Waals surface area contributed by atoms with Gasteiger partial charge in [0.2, 0.25) is 5.75 Å². The van der Waals surface area contributed by atoms with Gasteiger partial charge in [-0.05, 0) is 72.6 Å². The molecule has 1 unspecified atom stereocenters. The largest absolute Gasteiger partial charge is 0.493 e. The number of ether oxygens (including phenoxy) is 3. The van der Waals surface area contributed by atoms with E-state index in [9.17, 15) is 4.79 Å². The van der Waals surface area contributed by atoms with Crippen molar-refractivity contribution >= 4 is 50.1 Å². The Balaban J connectivity index is 1.75. The summed E-state index contributed by atoms with van der Waals surface area (Å²) in [7, 11) is 4.75. The van der Waals surface area contributed by atoms with Gasteiger partial charge in [-0.2, -0.15) is 0 Å². The number of nitrogens with one attached hydrogen (secondary N) is 1. The van der Waals surface area contributed by atoms with E-state index in [1.807, 2.05) is 36.4 Å². The summed E-state index contributed by atoms with van der Waals surface area (Å²) in [5.74, 6) is 2.02. The molecular formula is C29H33BrN2O4S. The fourth-order valence-corrected chi connectivity index (χ4v) is 6.25. The molecule has 0 bridgehead atoms. The summed E-state index contributed by atoms with van der Waals surface area (Å²) < 4.78 is 17.5. The molecule has 0 spiro atoms. The van der Waals surface area contributed by atoms with Crippen LogP contribution >= 0.6 is 27.3 Å². The first-order valence-corrected chi connectivity index (χ1v) is 13.8. The Morgan fingerprint density at radius 1 is 1.05 bits per heavy atom. The van der Waals surface area contributed by atoms with Gasteiger partial charge in [0.1, 0.15) is 5.00 Å². The van der Waals surface area contributed by atoms with Gasteiger partial charge < -0.3 is 19.5 Å². The molecule has 0 radical (unpaired) electrons. The molecule has 196 valence electrons. The first-order chi connectivity index (χ1) is 17.7. The number of carbonyl (C=O) groups excluding carboxylic acids is 1. The van der Waals surface area contributed by atoms with Crippen molar-refractivity contribution in [2.24, 2.45) is 16.3 Å².